The molecule has 2 aromatic rings. The van der Waals surface area contributed by atoms with Crippen molar-refractivity contribution in [2.24, 2.45) is 0 Å². The second-order valence-electron chi connectivity index (χ2n) is 7.31. The van der Waals surface area contributed by atoms with Gasteiger partial charge in [0.2, 0.25) is 5.91 Å². The Labute approximate surface area is 163 Å². The molecule has 2 aliphatic heterocycles. The number of benzene rings is 1. The van der Waals surface area contributed by atoms with Gasteiger partial charge < -0.3 is 15.1 Å². The lowest BCUT2D eigenvalue weighted by Gasteiger charge is -2.22. The van der Waals surface area contributed by atoms with Gasteiger partial charge in [0.25, 0.3) is 11.8 Å². The number of amides is 3. The molecule has 1 fully saturated rings. The first-order chi connectivity index (χ1) is 13.5. The van der Waals surface area contributed by atoms with Crippen LogP contribution in [-0.4, -0.2) is 70.0 Å². The second-order valence-corrected chi connectivity index (χ2v) is 7.31. The second kappa shape index (κ2) is 7.46. The molecule has 1 aromatic heterocycles. The van der Waals surface area contributed by atoms with Gasteiger partial charge in [-0.25, -0.2) is 0 Å². The highest BCUT2D eigenvalue weighted by atomic mass is 16.2. The number of hydrogen-bond donors (Lipinski definition) is 1. The SMILES string of the molecule is CN1CCn2nc(C(=O)NC3CC(=O)N(CCc4ccccc4)C3)cc2C1=O. The van der Waals surface area contributed by atoms with Crippen molar-refractivity contribution in [3.63, 3.8) is 0 Å². The molecular weight excluding hydrogens is 358 g/mol. The van der Waals surface area contributed by atoms with E-state index in [4.69, 9.17) is 0 Å². The fourth-order valence-electron chi connectivity index (χ4n) is 3.67. The number of aromatic nitrogens is 2. The van der Waals surface area contributed by atoms with Crippen molar-refractivity contribution in [3.8, 4) is 0 Å². The number of carbonyl (C=O) groups excluding carboxylic acids is 3. The van der Waals surface area contributed by atoms with E-state index < -0.39 is 0 Å². The third-order valence-corrected chi connectivity index (χ3v) is 5.29. The molecule has 146 valence electrons. The van der Waals surface area contributed by atoms with Crippen LogP contribution in [0, 0.1) is 0 Å². The van der Waals surface area contributed by atoms with Crippen molar-refractivity contribution in [2.45, 2.75) is 25.4 Å². The van der Waals surface area contributed by atoms with Crippen LogP contribution in [0.2, 0.25) is 0 Å². The maximum Gasteiger partial charge on any atom is 0.272 e. The molecule has 0 bridgehead atoms. The summed E-state index contributed by atoms with van der Waals surface area (Å²) in [6.07, 6.45) is 1.08. The van der Waals surface area contributed by atoms with Crippen molar-refractivity contribution in [1.29, 1.82) is 0 Å². The van der Waals surface area contributed by atoms with E-state index in [-0.39, 0.29) is 35.9 Å². The van der Waals surface area contributed by atoms with Crippen molar-refractivity contribution in [1.82, 2.24) is 24.9 Å². The van der Waals surface area contributed by atoms with Gasteiger partial charge >= 0.3 is 0 Å². The Kier molecular flexibility index (Phi) is 4.85. The number of likely N-dealkylation sites (N-methyl/N-ethyl adjacent to an activating group) is 1. The molecular formula is C20H23N5O3. The monoisotopic (exact) mass is 381 g/mol. The lowest BCUT2D eigenvalue weighted by molar-refractivity contribution is -0.127. The molecule has 1 unspecified atom stereocenters. The van der Waals surface area contributed by atoms with Crippen molar-refractivity contribution in [2.75, 3.05) is 26.7 Å². The van der Waals surface area contributed by atoms with Crippen molar-refractivity contribution < 1.29 is 14.4 Å². The summed E-state index contributed by atoms with van der Waals surface area (Å²) < 4.78 is 1.57. The van der Waals surface area contributed by atoms with Crippen LogP contribution in [0.1, 0.15) is 33.0 Å². The highest BCUT2D eigenvalue weighted by Gasteiger charge is 2.32. The molecule has 0 radical (unpaired) electrons. The van der Waals surface area contributed by atoms with E-state index in [0.717, 1.165) is 6.42 Å². The minimum absolute atomic E-state index is 0.0437. The number of nitrogens with zero attached hydrogens (tertiary/aromatic N) is 4. The average Bonchev–Trinajstić information content (AvgIpc) is 3.28. The number of nitrogens with one attached hydrogen (secondary N) is 1. The van der Waals surface area contributed by atoms with E-state index in [9.17, 15) is 14.4 Å². The molecule has 8 heteroatoms. The van der Waals surface area contributed by atoms with Crippen LogP contribution in [0.15, 0.2) is 36.4 Å². The average molecular weight is 381 g/mol. The quantitative estimate of drug-likeness (QED) is 0.819. The fourth-order valence-corrected chi connectivity index (χ4v) is 3.67. The van der Waals surface area contributed by atoms with Gasteiger partial charge in [0.1, 0.15) is 5.69 Å². The number of carbonyl (C=O) groups is 3. The van der Waals surface area contributed by atoms with Crippen LogP contribution >= 0.6 is 0 Å². The third-order valence-electron chi connectivity index (χ3n) is 5.29. The molecule has 1 atom stereocenters. The number of rotatable bonds is 5. The zero-order valence-corrected chi connectivity index (χ0v) is 15.8. The van der Waals surface area contributed by atoms with E-state index in [0.29, 0.717) is 31.9 Å². The number of likely N-dealkylation sites (tertiary alicyclic amines) is 1. The van der Waals surface area contributed by atoms with E-state index >= 15 is 0 Å². The van der Waals surface area contributed by atoms with Crippen molar-refractivity contribution in [3.05, 3.63) is 53.3 Å². The van der Waals surface area contributed by atoms with Gasteiger partial charge in [-0.1, -0.05) is 30.3 Å². The summed E-state index contributed by atoms with van der Waals surface area (Å²) >= 11 is 0. The van der Waals surface area contributed by atoms with Crippen LogP contribution in [0.25, 0.3) is 0 Å². The first kappa shape index (κ1) is 18.2. The van der Waals surface area contributed by atoms with E-state index in [1.165, 1.54) is 11.6 Å². The minimum atomic E-state index is -0.347. The molecule has 1 aromatic carbocycles. The molecule has 28 heavy (non-hydrogen) atoms. The first-order valence-electron chi connectivity index (χ1n) is 9.47. The molecule has 3 heterocycles. The molecule has 0 spiro atoms. The van der Waals surface area contributed by atoms with E-state index in [2.05, 4.69) is 10.4 Å². The van der Waals surface area contributed by atoms with Gasteiger partial charge in [-0.15, -0.1) is 0 Å². The van der Waals surface area contributed by atoms with Gasteiger partial charge in [0.05, 0.1) is 12.6 Å². The Morgan fingerprint density at radius 1 is 1.21 bits per heavy atom. The molecule has 0 aliphatic carbocycles. The summed E-state index contributed by atoms with van der Waals surface area (Å²) in [7, 11) is 1.73. The highest BCUT2D eigenvalue weighted by Crippen LogP contribution is 2.15. The molecule has 1 N–H and O–H groups in total. The van der Waals surface area contributed by atoms with Gasteiger partial charge in [0.15, 0.2) is 5.69 Å². The lowest BCUT2D eigenvalue weighted by Crippen LogP contribution is -2.38. The Morgan fingerprint density at radius 2 is 2.00 bits per heavy atom. The van der Waals surface area contributed by atoms with E-state index in [1.807, 2.05) is 30.3 Å². The zero-order valence-electron chi connectivity index (χ0n) is 15.8. The topological polar surface area (TPSA) is 87.5 Å². The van der Waals surface area contributed by atoms with Crippen LogP contribution < -0.4 is 5.32 Å². The highest BCUT2D eigenvalue weighted by molar-refractivity contribution is 5.98. The van der Waals surface area contributed by atoms with Crippen LogP contribution in [0.4, 0.5) is 0 Å². The minimum Gasteiger partial charge on any atom is -0.346 e. The summed E-state index contributed by atoms with van der Waals surface area (Å²) in [5.41, 5.74) is 1.82. The van der Waals surface area contributed by atoms with Gasteiger partial charge in [-0.2, -0.15) is 5.10 Å². The van der Waals surface area contributed by atoms with Crippen LogP contribution in [0.5, 0.6) is 0 Å². The predicted octanol–water partition coefficient (Wildman–Crippen LogP) is 0.542. The van der Waals surface area contributed by atoms with Gasteiger partial charge in [-0.3, -0.25) is 19.1 Å². The number of hydrogen-bond acceptors (Lipinski definition) is 4. The summed E-state index contributed by atoms with van der Waals surface area (Å²) in [5, 5.41) is 7.14. The van der Waals surface area contributed by atoms with E-state index in [1.54, 1.807) is 21.5 Å². The molecule has 3 amide bonds. The van der Waals surface area contributed by atoms with Crippen molar-refractivity contribution >= 4 is 17.7 Å². The predicted molar refractivity (Wildman–Crippen MR) is 102 cm³/mol. The summed E-state index contributed by atoms with van der Waals surface area (Å²) in [5.74, 6) is -0.442. The maximum atomic E-state index is 12.6. The summed E-state index contributed by atoms with van der Waals surface area (Å²) in [6, 6.07) is 11.3. The Bertz CT molecular complexity index is 908. The fraction of sp³-hybridized carbons (Fsp3) is 0.400. The third kappa shape index (κ3) is 3.62. The molecule has 2 aliphatic rings. The maximum absolute atomic E-state index is 12.6. The van der Waals surface area contributed by atoms with Gasteiger partial charge in [0, 0.05) is 39.2 Å². The summed E-state index contributed by atoms with van der Waals surface area (Å²) in [6.45, 7) is 2.27. The Hall–Kier alpha value is -3.16. The number of fused-ring (bicyclic) bond motifs is 1. The largest absolute Gasteiger partial charge is 0.346 e. The van der Waals surface area contributed by atoms with Gasteiger partial charge in [-0.05, 0) is 12.0 Å². The Morgan fingerprint density at radius 3 is 2.79 bits per heavy atom. The molecule has 8 nitrogen and oxygen atoms in total. The van der Waals surface area contributed by atoms with Crippen LogP contribution in [0.3, 0.4) is 0 Å². The normalized spacial score (nSPS) is 19.1. The molecule has 4 rings (SSSR count). The smallest absolute Gasteiger partial charge is 0.272 e. The molecule has 0 saturated carbocycles. The standard InChI is InChI=1S/C20H23N5O3/c1-23-9-10-25-17(20(23)28)12-16(22-25)19(27)21-15-11-18(26)24(13-15)8-7-14-5-3-2-4-6-14/h2-6,12,15H,7-11,13H2,1H3,(H,21,27). The van der Waals surface area contributed by atoms with Crippen LogP contribution in [-0.2, 0) is 17.8 Å². The Balaban J connectivity index is 1.35. The summed E-state index contributed by atoms with van der Waals surface area (Å²) in [4.78, 5) is 40.4. The first-order valence-corrected chi connectivity index (χ1v) is 9.47. The molecule has 1 saturated heterocycles. The zero-order chi connectivity index (χ0) is 19.7. The lowest BCUT2D eigenvalue weighted by atomic mass is 10.1.